The second-order valence-corrected chi connectivity index (χ2v) is 4.40. The van der Waals surface area contributed by atoms with Crippen LogP contribution in [0.3, 0.4) is 0 Å². The van der Waals surface area contributed by atoms with E-state index < -0.39 is 0 Å². The van der Waals surface area contributed by atoms with E-state index in [0.29, 0.717) is 28.2 Å². The summed E-state index contributed by atoms with van der Waals surface area (Å²) in [4.78, 5) is 8.28. The van der Waals surface area contributed by atoms with Gasteiger partial charge >= 0.3 is 0 Å². The highest BCUT2D eigenvalue weighted by Crippen LogP contribution is 2.33. The predicted octanol–water partition coefficient (Wildman–Crippen LogP) is 3.23. The second-order valence-electron chi connectivity index (χ2n) is 4.40. The fraction of sp³-hybridized carbons (Fsp3) is 0.0667. The summed E-state index contributed by atoms with van der Waals surface area (Å²) in [5.74, 6) is 0.584. The van der Waals surface area contributed by atoms with Gasteiger partial charge < -0.3 is 15.2 Å². The van der Waals surface area contributed by atoms with Crippen LogP contribution in [0.15, 0.2) is 42.7 Å². The second kappa shape index (κ2) is 5.24. The first-order valence-electron chi connectivity index (χ1n) is 6.21. The van der Waals surface area contributed by atoms with Crippen molar-refractivity contribution in [3.8, 4) is 11.5 Å². The number of benzene rings is 2. The first kappa shape index (κ1) is 13.1. The third-order valence-corrected chi connectivity index (χ3v) is 3.04. The molecule has 3 rings (SSSR count). The zero-order chi connectivity index (χ0) is 14.8. The molecular formula is C15H12FN3O2. The molecule has 21 heavy (non-hydrogen) atoms. The van der Waals surface area contributed by atoms with Crippen molar-refractivity contribution in [1.82, 2.24) is 9.97 Å². The van der Waals surface area contributed by atoms with Gasteiger partial charge in [0, 0.05) is 17.1 Å². The van der Waals surface area contributed by atoms with Gasteiger partial charge in [0.05, 0.1) is 12.6 Å². The molecule has 1 heterocycles. The van der Waals surface area contributed by atoms with E-state index in [1.807, 2.05) is 0 Å². The summed E-state index contributed by atoms with van der Waals surface area (Å²) < 4.78 is 18.0. The predicted molar refractivity (Wildman–Crippen MR) is 77.4 cm³/mol. The quantitative estimate of drug-likeness (QED) is 0.773. The van der Waals surface area contributed by atoms with Crippen LogP contribution in [-0.2, 0) is 0 Å². The van der Waals surface area contributed by atoms with Crippen LogP contribution in [0.1, 0.15) is 0 Å². The Morgan fingerprint density at radius 3 is 2.62 bits per heavy atom. The lowest BCUT2D eigenvalue weighted by atomic mass is 10.2. The Bertz CT molecular complexity index is 791. The van der Waals surface area contributed by atoms with E-state index in [2.05, 4.69) is 15.3 Å². The number of nitrogens with zero attached hydrogens (tertiary/aromatic N) is 2. The number of aromatic nitrogens is 2. The summed E-state index contributed by atoms with van der Waals surface area (Å²) in [6, 6.07) is 9.10. The average molecular weight is 285 g/mol. The number of fused-ring (bicyclic) bond motifs is 1. The van der Waals surface area contributed by atoms with Crippen molar-refractivity contribution in [2.45, 2.75) is 0 Å². The van der Waals surface area contributed by atoms with Crippen molar-refractivity contribution in [3.63, 3.8) is 0 Å². The molecule has 0 fully saturated rings. The highest BCUT2D eigenvalue weighted by molar-refractivity contribution is 5.92. The summed E-state index contributed by atoms with van der Waals surface area (Å²) in [6.45, 7) is 0. The lowest BCUT2D eigenvalue weighted by molar-refractivity contribution is 0.374. The van der Waals surface area contributed by atoms with Crippen LogP contribution >= 0.6 is 0 Å². The monoisotopic (exact) mass is 285 g/mol. The molecule has 0 aliphatic carbocycles. The number of hydrogen-bond donors (Lipinski definition) is 2. The van der Waals surface area contributed by atoms with E-state index in [1.165, 1.54) is 31.6 Å². The smallest absolute Gasteiger partial charge is 0.161 e. The van der Waals surface area contributed by atoms with Crippen LogP contribution in [0, 0.1) is 5.82 Å². The molecule has 6 heteroatoms. The summed E-state index contributed by atoms with van der Waals surface area (Å²) in [6.07, 6.45) is 1.39. The molecule has 2 N–H and O–H groups in total. The Kier molecular flexibility index (Phi) is 3.27. The van der Waals surface area contributed by atoms with Crippen molar-refractivity contribution in [3.05, 3.63) is 48.5 Å². The van der Waals surface area contributed by atoms with E-state index in [0.717, 1.165) is 0 Å². The molecule has 0 bridgehead atoms. The summed E-state index contributed by atoms with van der Waals surface area (Å²) in [7, 11) is 1.47. The summed E-state index contributed by atoms with van der Waals surface area (Å²) >= 11 is 0. The van der Waals surface area contributed by atoms with E-state index in [-0.39, 0.29) is 11.6 Å². The maximum Gasteiger partial charge on any atom is 0.161 e. The van der Waals surface area contributed by atoms with Crippen LogP contribution in [0.4, 0.5) is 15.9 Å². The van der Waals surface area contributed by atoms with E-state index in [9.17, 15) is 9.50 Å². The normalized spacial score (nSPS) is 10.6. The minimum atomic E-state index is -0.306. The first-order chi connectivity index (χ1) is 10.2. The molecule has 0 unspecified atom stereocenters. The fourth-order valence-corrected chi connectivity index (χ4v) is 2.01. The molecule has 0 aliphatic rings. The highest BCUT2D eigenvalue weighted by atomic mass is 19.1. The third kappa shape index (κ3) is 2.55. The Hall–Kier alpha value is -2.89. The molecular weight excluding hydrogens is 273 g/mol. The number of rotatable bonds is 3. The zero-order valence-electron chi connectivity index (χ0n) is 11.2. The Morgan fingerprint density at radius 1 is 1.14 bits per heavy atom. The molecule has 0 aliphatic heterocycles. The van der Waals surface area contributed by atoms with Gasteiger partial charge in [-0.25, -0.2) is 14.4 Å². The minimum absolute atomic E-state index is 0.0106. The summed E-state index contributed by atoms with van der Waals surface area (Å²) in [5.41, 5.74) is 1.27. The fourth-order valence-electron chi connectivity index (χ4n) is 2.01. The highest BCUT2D eigenvalue weighted by Gasteiger charge is 2.09. The molecule has 0 radical (unpaired) electrons. The number of phenols is 1. The molecule has 2 aromatic carbocycles. The number of ether oxygens (including phenoxy) is 1. The van der Waals surface area contributed by atoms with Gasteiger partial charge in [0.1, 0.15) is 18.0 Å². The number of anilines is 2. The van der Waals surface area contributed by atoms with E-state index in [4.69, 9.17) is 4.74 Å². The molecule has 0 spiro atoms. The molecule has 0 atom stereocenters. The molecule has 0 amide bonds. The van der Waals surface area contributed by atoms with Crippen molar-refractivity contribution >= 4 is 22.4 Å². The third-order valence-electron chi connectivity index (χ3n) is 3.04. The lowest BCUT2D eigenvalue weighted by Gasteiger charge is -2.10. The van der Waals surface area contributed by atoms with Gasteiger partial charge in [-0.1, -0.05) is 0 Å². The standard InChI is InChI=1S/C15H12FN3O2/c1-21-14-6-11-12(7-13(14)20)17-8-18-15(11)19-10-4-2-9(16)3-5-10/h2-8,20H,1H3,(H,17,18,19). The number of phenolic OH excluding ortho intramolecular Hbond substituents is 1. The van der Waals surface area contributed by atoms with Gasteiger partial charge in [0.15, 0.2) is 11.5 Å². The van der Waals surface area contributed by atoms with Crippen LogP contribution in [0.25, 0.3) is 10.9 Å². The minimum Gasteiger partial charge on any atom is -0.504 e. The SMILES string of the molecule is COc1cc2c(Nc3ccc(F)cc3)ncnc2cc1O. The van der Waals surface area contributed by atoms with Crippen LogP contribution in [0.2, 0.25) is 0 Å². The molecule has 0 saturated heterocycles. The Balaban J connectivity index is 2.07. The van der Waals surface area contributed by atoms with Gasteiger partial charge in [-0.05, 0) is 30.3 Å². The molecule has 0 saturated carbocycles. The molecule has 1 aromatic heterocycles. The van der Waals surface area contributed by atoms with Crippen LogP contribution in [0.5, 0.6) is 11.5 Å². The maximum absolute atomic E-state index is 12.9. The topological polar surface area (TPSA) is 67.3 Å². The zero-order valence-corrected chi connectivity index (χ0v) is 11.2. The van der Waals surface area contributed by atoms with E-state index in [1.54, 1.807) is 18.2 Å². The first-order valence-corrected chi connectivity index (χ1v) is 6.21. The summed E-state index contributed by atoms with van der Waals surface area (Å²) in [5, 5.41) is 13.6. The number of hydrogen-bond acceptors (Lipinski definition) is 5. The van der Waals surface area contributed by atoms with Gasteiger partial charge in [-0.2, -0.15) is 0 Å². The van der Waals surface area contributed by atoms with Gasteiger partial charge in [0.2, 0.25) is 0 Å². The van der Waals surface area contributed by atoms with Crippen molar-refractivity contribution < 1.29 is 14.2 Å². The number of nitrogens with one attached hydrogen (secondary N) is 1. The van der Waals surface area contributed by atoms with Gasteiger partial charge in [-0.3, -0.25) is 0 Å². The maximum atomic E-state index is 12.9. The Labute approximate surface area is 120 Å². The number of halogens is 1. The van der Waals surface area contributed by atoms with Crippen molar-refractivity contribution in [1.29, 1.82) is 0 Å². The van der Waals surface area contributed by atoms with Crippen molar-refractivity contribution in [2.24, 2.45) is 0 Å². The largest absolute Gasteiger partial charge is 0.504 e. The van der Waals surface area contributed by atoms with Gasteiger partial charge in [-0.15, -0.1) is 0 Å². The van der Waals surface area contributed by atoms with Gasteiger partial charge in [0.25, 0.3) is 0 Å². The molecule has 5 nitrogen and oxygen atoms in total. The number of aromatic hydroxyl groups is 1. The van der Waals surface area contributed by atoms with E-state index >= 15 is 0 Å². The Morgan fingerprint density at radius 2 is 1.90 bits per heavy atom. The molecule has 3 aromatic rings. The molecule has 106 valence electrons. The van der Waals surface area contributed by atoms with Crippen molar-refractivity contribution in [2.75, 3.05) is 12.4 Å². The van der Waals surface area contributed by atoms with Crippen LogP contribution < -0.4 is 10.1 Å². The lowest BCUT2D eigenvalue weighted by Crippen LogP contribution is -1.96. The number of methoxy groups -OCH3 is 1. The average Bonchev–Trinajstić information content (AvgIpc) is 2.49. The van der Waals surface area contributed by atoms with Crippen LogP contribution in [-0.4, -0.2) is 22.2 Å².